The van der Waals surface area contributed by atoms with Gasteiger partial charge in [-0.2, -0.15) is 17.5 Å². The van der Waals surface area contributed by atoms with Gasteiger partial charge in [-0.05, 0) is 48.2 Å². The number of sulfonamides is 1. The number of ether oxygens (including phenoxy) is 1. The van der Waals surface area contributed by atoms with Crippen molar-refractivity contribution >= 4 is 10.0 Å². The summed E-state index contributed by atoms with van der Waals surface area (Å²) in [5, 5.41) is 0. The largest absolute Gasteiger partial charge is 0.497 e. The second-order valence-electron chi connectivity index (χ2n) is 6.15. The van der Waals surface area contributed by atoms with E-state index in [4.69, 9.17) is 4.74 Å². The summed E-state index contributed by atoms with van der Waals surface area (Å²) in [6.45, 7) is 0.514. The van der Waals surface area contributed by atoms with Crippen LogP contribution >= 0.6 is 0 Å². The van der Waals surface area contributed by atoms with Crippen molar-refractivity contribution in [3.05, 3.63) is 59.7 Å². The molecule has 0 radical (unpaired) electrons. The molecular formula is C18H18F3NO3S. The summed E-state index contributed by atoms with van der Waals surface area (Å²) in [7, 11) is -2.40. The minimum absolute atomic E-state index is 0.00137. The predicted octanol–water partition coefficient (Wildman–Crippen LogP) is 3.89. The zero-order chi connectivity index (χ0) is 18.9. The molecule has 0 spiro atoms. The van der Waals surface area contributed by atoms with Crippen LogP contribution in [0.15, 0.2) is 53.4 Å². The molecule has 1 aliphatic rings. The summed E-state index contributed by atoms with van der Waals surface area (Å²) in [4.78, 5) is -0.331. The zero-order valence-corrected chi connectivity index (χ0v) is 14.8. The van der Waals surface area contributed by atoms with E-state index < -0.39 is 21.8 Å². The van der Waals surface area contributed by atoms with E-state index in [0.29, 0.717) is 18.2 Å². The first-order chi connectivity index (χ1) is 12.2. The lowest BCUT2D eigenvalue weighted by Crippen LogP contribution is -2.29. The van der Waals surface area contributed by atoms with Crippen molar-refractivity contribution in [2.75, 3.05) is 20.2 Å². The molecule has 2 aromatic carbocycles. The number of benzene rings is 2. The molecular weight excluding hydrogens is 367 g/mol. The zero-order valence-electron chi connectivity index (χ0n) is 14.0. The molecule has 4 nitrogen and oxygen atoms in total. The Balaban J connectivity index is 1.81. The maximum absolute atomic E-state index is 12.9. The van der Waals surface area contributed by atoms with Crippen LogP contribution in [-0.2, 0) is 16.2 Å². The van der Waals surface area contributed by atoms with Crippen molar-refractivity contribution in [2.45, 2.75) is 23.4 Å². The third-order valence-electron chi connectivity index (χ3n) is 4.54. The summed E-state index contributed by atoms with van der Waals surface area (Å²) >= 11 is 0. The highest BCUT2D eigenvalue weighted by atomic mass is 32.2. The van der Waals surface area contributed by atoms with Crippen molar-refractivity contribution in [1.82, 2.24) is 4.31 Å². The average molecular weight is 385 g/mol. The second kappa shape index (κ2) is 6.92. The van der Waals surface area contributed by atoms with Crippen LogP contribution in [0.2, 0.25) is 0 Å². The van der Waals surface area contributed by atoms with E-state index in [1.807, 2.05) is 12.1 Å². The van der Waals surface area contributed by atoms with Gasteiger partial charge in [0.25, 0.3) is 0 Å². The fourth-order valence-electron chi connectivity index (χ4n) is 3.08. The molecule has 1 unspecified atom stereocenters. The van der Waals surface area contributed by atoms with Crippen LogP contribution < -0.4 is 4.74 Å². The fourth-order valence-corrected chi connectivity index (χ4v) is 4.62. The van der Waals surface area contributed by atoms with Gasteiger partial charge in [-0.3, -0.25) is 0 Å². The quantitative estimate of drug-likeness (QED) is 0.802. The van der Waals surface area contributed by atoms with Gasteiger partial charge in [0.1, 0.15) is 5.75 Å². The summed E-state index contributed by atoms with van der Waals surface area (Å²) in [5.74, 6) is 0.710. The van der Waals surface area contributed by atoms with E-state index in [-0.39, 0.29) is 23.9 Å². The van der Waals surface area contributed by atoms with E-state index in [0.717, 1.165) is 17.7 Å². The predicted molar refractivity (Wildman–Crippen MR) is 90.6 cm³/mol. The molecule has 0 aliphatic carbocycles. The topological polar surface area (TPSA) is 46.6 Å². The Morgan fingerprint density at radius 2 is 1.81 bits per heavy atom. The lowest BCUT2D eigenvalue weighted by atomic mass is 9.99. The van der Waals surface area contributed by atoms with Crippen LogP contribution in [0.1, 0.15) is 23.5 Å². The Bertz CT molecular complexity index is 879. The van der Waals surface area contributed by atoms with Crippen LogP contribution in [0, 0.1) is 0 Å². The third kappa shape index (κ3) is 3.71. The van der Waals surface area contributed by atoms with E-state index in [1.54, 1.807) is 19.2 Å². The van der Waals surface area contributed by atoms with Gasteiger partial charge in [-0.15, -0.1) is 0 Å². The molecule has 140 valence electrons. The number of halogens is 3. The van der Waals surface area contributed by atoms with E-state index >= 15 is 0 Å². The highest BCUT2D eigenvalue weighted by Gasteiger charge is 2.36. The highest BCUT2D eigenvalue weighted by Crippen LogP contribution is 2.34. The number of alkyl halides is 3. The molecule has 8 heteroatoms. The monoisotopic (exact) mass is 385 g/mol. The number of hydrogen-bond donors (Lipinski definition) is 0. The molecule has 0 saturated carbocycles. The average Bonchev–Trinajstić information content (AvgIpc) is 3.12. The van der Waals surface area contributed by atoms with Crippen molar-refractivity contribution < 1.29 is 26.3 Å². The molecule has 2 aromatic rings. The third-order valence-corrected chi connectivity index (χ3v) is 6.40. The molecule has 1 fully saturated rings. The highest BCUT2D eigenvalue weighted by molar-refractivity contribution is 7.89. The van der Waals surface area contributed by atoms with Gasteiger partial charge in [0.05, 0.1) is 17.6 Å². The van der Waals surface area contributed by atoms with Crippen molar-refractivity contribution in [1.29, 1.82) is 0 Å². The van der Waals surface area contributed by atoms with Gasteiger partial charge in [0, 0.05) is 13.1 Å². The number of nitrogens with zero attached hydrogens (tertiary/aromatic N) is 1. The van der Waals surface area contributed by atoms with Crippen LogP contribution in [0.4, 0.5) is 13.2 Å². The lowest BCUT2D eigenvalue weighted by molar-refractivity contribution is -0.137. The molecule has 0 N–H and O–H groups in total. The van der Waals surface area contributed by atoms with Gasteiger partial charge in [-0.1, -0.05) is 18.2 Å². The summed E-state index contributed by atoms with van der Waals surface area (Å²) in [5.41, 5.74) is 0.0111. The SMILES string of the molecule is COc1ccc(C2CCN(S(=O)(=O)c3cccc(C(F)(F)F)c3)C2)cc1. The first kappa shape index (κ1) is 18.7. The molecule has 1 aliphatic heterocycles. The molecule has 3 rings (SSSR count). The van der Waals surface area contributed by atoms with E-state index in [9.17, 15) is 21.6 Å². The lowest BCUT2D eigenvalue weighted by Gasteiger charge is -2.18. The molecule has 0 aromatic heterocycles. The summed E-state index contributed by atoms with van der Waals surface area (Å²) in [6, 6.07) is 11.2. The molecule has 1 atom stereocenters. The van der Waals surface area contributed by atoms with Gasteiger partial charge in [-0.25, -0.2) is 8.42 Å². The minimum Gasteiger partial charge on any atom is -0.497 e. The van der Waals surface area contributed by atoms with E-state index in [1.165, 1.54) is 10.4 Å². The van der Waals surface area contributed by atoms with Crippen LogP contribution in [0.25, 0.3) is 0 Å². The Morgan fingerprint density at radius 3 is 2.42 bits per heavy atom. The number of hydrogen-bond acceptors (Lipinski definition) is 3. The Labute approximate surface area is 150 Å². The minimum atomic E-state index is -4.58. The van der Waals surface area contributed by atoms with Crippen molar-refractivity contribution in [2.24, 2.45) is 0 Å². The number of rotatable bonds is 4. The van der Waals surface area contributed by atoms with Crippen LogP contribution in [0.3, 0.4) is 0 Å². The normalized spacial score (nSPS) is 18.8. The fraction of sp³-hybridized carbons (Fsp3) is 0.333. The number of methoxy groups -OCH3 is 1. The summed E-state index contributed by atoms with van der Waals surface area (Å²) < 4.78 is 70.4. The molecule has 1 heterocycles. The maximum Gasteiger partial charge on any atom is 0.416 e. The van der Waals surface area contributed by atoms with E-state index in [2.05, 4.69) is 0 Å². The maximum atomic E-state index is 12.9. The van der Waals surface area contributed by atoms with Gasteiger partial charge in [0.15, 0.2) is 0 Å². The Kier molecular flexibility index (Phi) is 4.98. The van der Waals surface area contributed by atoms with Crippen molar-refractivity contribution in [3.8, 4) is 5.75 Å². The smallest absolute Gasteiger partial charge is 0.416 e. The first-order valence-electron chi connectivity index (χ1n) is 8.03. The van der Waals surface area contributed by atoms with Gasteiger partial charge in [0.2, 0.25) is 10.0 Å². The van der Waals surface area contributed by atoms with Gasteiger partial charge >= 0.3 is 6.18 Å². The Morgan fingerprint density at radius 1 is 1.12 bits per heavy atom. The van der Waals surface area contributed by atoms with Crippen LogP contribution in [0.5, 0.6) is 5.75 Å². The summed E-state index contributed by atoms with van der Waals surface area (Å²) in [6.07, 6.45) is -3.97. The van der Waals surface area contributed by atoms with Crippen molar-refractivity contribution in [3.63, 3.8) is 0 Å². The molecule has 1 saturated heterocycles. The molecule has 26 heavy (non-hydrogen) atoms. The standard InChI is InChI=1S/C18H18F3NO3S/c1-25-16-7-5-13(6-8-16)14-9-10-22(12-14)26(23,24)17-4-2-3-15(11-17)18(19,20)21/h2-8,11,14H,9-10,12H2,1H3. The van der Waals surface area contributed by atoms with Gasteiger partial charge < -0.3 is 4.74 Å². The first-order valence-corrected chi connectivity index (χ1v) is 9.47. The molecule has 0 bridgehead atoms. The molecule has 0 amide bonds. The second-order valence-corrected chi connectivity index (χ2v) is 8.09. The Hall–Kier alpha value is -2.06. The van der Waals surface area contributed by atoms with Crippen LogP contribution in [-0.4, -0.2) is 32.9 Å².